The lowest BCUT2D eigenvalue weighted by Gasteiger charge is -2.35. The summed E-state index contributed by atoms with van der Waals surface area (Å²) in [5, 5.41) is 0. The van der Waals surface area contributed by atoms with Gasteiger partial charge in [-0.2, -0.15) is 0 Å². The molecule has 0 aromatic heterocycles. The smallest absolute Gasteiger partial charge is 0.250 e. The second-order valence-corrected chi connectivity index (χ2v) is 4.10. The Labute approximate surface area is 85.8 Å². The predicted molar refractivity (Wildman–Crippen MR) is 56.4 cm³/mol. The maximum Gasteiger partial charge on any atom is 0.250 e. The van der Waals surface area contributed by atoms with E-state index < -0.39 is 0 Å². The summed E-state index contributed by atoms with van der Waals surface area (Å²) in [6.45, 7) is 6.18. The van der Waals surface area contributed by atoms with Crippen LogP contribution in [0, 0.1) is 5.92 Å². The molecule has 14 heavy (non-hydrogen) atoms. The molecular formula is C10H21N3O. The summed E-state index contributed by atoms with van der Waals surface area (Å²) in [5.74, 6) is 5.79. The number of rotatable bonds is 3. The molecule has 82 valence electrons. The summed E-state index contributed by atoms with van der Waals surface area (Å²) in [4.78, 5) is 13.6. The van der Waals surface area contributed by atoms with Crippen LogP contribution in [0.5, 0.6) is 0 Å². The fourth-order valence-electron chi connectivity index (χ4n) is 2.07. The minimum Gasteiger partial charge on any atom is -0.293 e. The van der Waals surface area contributed by atoms with E-state index in [4.69, 9.17) is 5.84 Å². The van der Waals surface area contributed by atoms with Gasteiger partial charge in [0, 0.05) is 6.54 Å². The molecule has 1 heterocycles. The van der Waals surface area contributed by atoms with Crippen LogP contribution < -0.4 is 11.3 Å². The van der Waals surface area contributed by atoms with Crippen molar-refractivity contribution in [3.8, 4) is 0 Å². The van der Waals surface area contributed by atoms with Gasteiger partial charge in [0.15, 0.2) is 0 Å². The molecule has 1 aliphatic heterocycles. The molecule has 2 atom stereocenters. The summed E-state index contributed by atoms with van der Waals surface area (Å²) in [7, 11) is 0. The second kappa shape index (κ2) is 5.32. The van der Waals surface area contributed by atoms with Gasteiger partial charge in [0.05, 0.1) is 6.04 Å². The fraction of sp³-hybridized carbons (Fsp3) is 0.900. The number of piperidine rings is 1. The number of likely N-dealkylation sites (tertiary alicyclic amines) is 1. The Morgan fingerprint density at radius 1 is 1.71 bits per heavy atom. The third-order valence-corrected chi connectivity index (χ3v) is 3.20. The van der Waals surface area contributed by atoms with Gasteiger partial charge in [-0.1, -0.05) is 13.3 Å². The first-order chi connectivity index (χ1) is 6.69. The number of carbonyl (C=O) groups excluding carboxylic acids is 1. The Hall–Kier alpha value is -0.610. The molecule has 0 radical (unpaired) electrons. The monoisotopic (exact) mass is 199 g/mol. The van der Waals surface area contributed by atoms with E-state index in [1.54, 1.807) is 0 Å². The van der Waals surface area contributed by atoms with Crippen LogP contribution in [0.4, 0.5) is 0 Å². The van der Waals surface area contributed by atoms with Crippen molar-refractivity contribution in [3.63, 3.8) is 0 Å². The summed E-state index contributed by atoms with van der Waals surface area (Å²) in [5.41, 5.74) is 2.21. The number of hydrazine groups is 1. The van der Waals surface area contributed by atoms with E-state index in [0.29, 0.717) is 0 Å². The maximum atomic E-state index is 11.3. The zero-order valence-corrected chi connectivity index (χ0v) is 9.12. The van der Waals surface area contributed by atoms with Gasteiger partial charge >= 0.3 is 0 Å². The molecule has 1 fully saturated rings. The maximum absolute atomic E-state index is 11.3. The lowest BCUT2D eigenvalue weighted by atomic mass is 9.94. The first kappa shape index (κ1) is 11.5. The number of hydrogen-bond donors (Lipinski definition) is 2. The third-order valence-electron chi connectivity index (χ3n) is 3.20. The SMILES string of the molecule is CCC1CCCN(C(C)C(=O)NN)C1. The standard InChI is InChI=1S/C10H21N3O/c1-3-9-5-4-6-13(7-9)8(2)10(14)12-11/h8-9H,3-7,11H2,1-2H3,(H,12,14). The molecule has 2 unspecified atom stereocenters. The van der Waals surface area contributed by atoms with Gasteiger partial charge < -0.3 is 0 Å². The molecule has 1 saturated heterocycles. The normalized spacial score (nSPS) is 25.8. The number of nitrogens with zero attached hydrogens (tertiary/aromatic N) is 1. The van der Waals surface area contributed by atoms with Crippen LogP contribution in [0.15, 0.2) is 0 Å². The molecule has 4 heteroatoms. The molecule has 1 rings (SSSR count). The Morgan fingerprint density at radius 2 is 2.43 bits per heavy atom. The highest BCUT2D eigenvalue weighted by Gasteiger charge is 2.25. The van der Waals surface area contributed by atoms with Gasteiger partial charge in [-0.25, -0.2) is 5.84 Å². The van der Waals surface area contributed by atoms with Crippen LogP contribution in [0.25, 0.3) is 0 Å². The molecule has 4 nitrogen and oxygen atoms in total. The van der Waals surface area contributed by atoms with Crippen molar-refractivity contribution in [2.45, 2.75) is 39.2 Å². The van der Waals surface area contributed by atoms with E-state index in [0.717, 1.165) is 19.0 Å². The summed E-state index contributed by atoms with van der Waals surface area (Å²) >= 11 is 0. The minimum atomic E-state index is -0.0886. The molecule has 0 aromatic rings. The van der Waals surface area contributed by atoms with Crippen molar-refractivity contribution in [3.05, 3.63) is 0 Å². The highest BCUT2D eigenvalue weighted by molar-refractivity contribution is 5.80. The lowest BCUT2D eigenvalue weighted by Crippen LogP contribution is -2.50. The van der Waals surface area contributed by atoms with Crippen LogP contribution in [-0.4, -0.2) is 29.9 Å². The van der Waals surface area contributed by atoms with E-state index >= 15 is 0 Å². The summed E-state index contributed by atoms with van der Waals surface area (Å²) in [6, 6.07) is -0.0886. The Morgan fingerprint density at radius 3 is 3.00 bits per heavy atom. The summed E-state index contributed by atoms with van der Waals surface area (Å²) in [6.07, 6.45) is 3.69. The Kier molecular flexibility index (Phi) is 4.35. The van der Waals surface area contributed by atoms with Crippen molar-refractivity contribution >= 4 is 5.91 Å². The Balaban J connectivity index is 2.46. The molecular weight excluding hydrogens is 178 g/mol. The topological polar surface area (TPSA) is 58.4 Å². The van der Waals surface area contributed by atoms with Crippen LogP contribution >= 0.6 is 0 Å². The zero-order valence-electron chi connectivity index (χ0n) is 9.12. The third kappa shape index (κ3) is 2.69. The van der Waals surface area contributed by atoms with Crippen molar-refractivity contribution < 1.29 is 4.79 Å². The predicted octanol–water partition coefficient (Wildman–Crippen LogP) is 0.487. The van der Waals surface area contributed by atoms with Gasteiger partial charge in [-0.3, -0.25) is 15.1 Å². The van der Waals surface area contributed by atoms with Gasteiger partial charge in [-0.05, 0) is 32.2 Å². The van der Waals surface area contributed by atoms with E-state index in [1.807, 2.05) is 6.92 Å². The molecule has 0 saturated carbocycles. The van der Waals surface area contributed by atoms with Crippen molar-refractivity contribution in [1.82, 2.24) is 10.3 Å². The Bertz CT molecular complexity index is 196. The number of amides is 1. The first-order valence-corrected chi connectivity index (χ1v) is 5.43. The minimum absolute atomic E-state index is 0.0817. The first-order valence-electron chi connectivity index (χ1n) is 5.43. The van der Waals surface area contributed by atoms with Gasteiger partial charge in [-0.15, -0.1) is 0 Å². The van der Waals surface area contributed by atoms with Gasteiger partial charge in [0.2, 0.25) is 0 Å². The highest BCUT2D eigenvalue weighted by Crippen LogP contribution is 2.20. The van der Waals surface area contributed by atoms with E-state index in [2.05, 4.69) is 17.2 Å². The largest absolute Gasteiger partial charge is 0.293 e. The van der Waals surface area contributed by atoms with E-state index in [1.165, 1.54) is 19.3 Å². The van der Waals surface area contributed by atoms with E-state index in [-0.39, 0.29) is 11.9 Å². The number of hydrogen-bond acceptors (Lipinski definition) is 3. The molecule has 0 aliphatic carbocycles. The summed E-state index contributed by atoms with van der Waals surface area (Å²) < 4.78 is 0. The molecule has 0 aromatic carbocycles. The van der Waals surface area contributed by atoms with Crippen molar-refractivity contribution in [1.29, 1.82) is 0 Å². The molecule has 1 amide bonds. The second-order valence-electron chi connectivity index (χ2n) is 4.10. The quantitative estimate of drug-likeness (QED) is 0.395. The van der Waals surface area contributed by atoms with Gasteiger partial charge in [0.25, 0.3) is 5.91 Å². The van der Waals surface area contributed by atoms with Crippen LogP contribution in [0.3, 0.4) is 0 Å². The fourth-order valence-corrected chi connectivity index (χ4v) is 2.07. The average Bonchev–Trinajstić information content (AvgIpc) is 2.27. The van der Waals surface area contributed by atoms with Gasteiger partial charge in [0.1, 0.15) is 0 Å². The molecule has 0 spiro atoms. The van der Waals surface area contributed by atoms with E-state index in [9.17, 15) is 4.79 Å². The van der Waals surface area contributed by atoms with Crippen LogP contribution in [-0.2, 0) is 4.79 Å². The number of carbonyl (C=O) groups is 1. The molecule has 0 bridgehead atoms. The highest BCUT2D eigenvalue weighted by atomic mass is 16.2. The zero-order chi connectivity index (χ0) is 10.6. The average molecular weight is 199 g/mol. The van der Waals surface area contributed by atoms with Crippen molar-refractivity contribution in [2.75, 3.05) is 13.1 Å². The molecule has 3 N–H and O–H groups in total. The number of nitrogens with two attached hydrogens (primary N) is 1. The molecule has 1 aliphatic rings. The van der Waals surface area contributed by atoms with Crippen LogP contribution in [0.1, 0.15) is 33.1 Å². The lowest BCUT2D eigenvalue weighted by molar-refractivity contribution is -0.126. The van der Waals surface area contributed by atoms with Crippen molar-refractivity contribution in [2.24, 2.45) is 11.8 Å². The number of nitrogens with one attached hydrogen (secondary N) is 1. The van der Waals surface area contributed by atoms with Crippen LogP contribution in [0.2, 0.25) is 0 Å².